The van der Waals surface area contributed by atoms with Gasteiger partial charge in [-0.3, -0.25) is 0 Å². The second-order valence-corrected chi connectivity index (χ2v) is 5.32. The van der Waals surface area contributed by atoms with Gasteiger partial charge in [-0.05, 0) is 6.92 Å². The van der Waals surface area contributed by atoms with Crippen LogP contribution in [-0.2, 0) is 9.53 Å². The molecule has 2 fully saturated rings. The highest BCUT2D eigenvalue weighted by Gasteiger charge is 2.52. The van der Waals surface area contributed by atoms with E-state index < -0.39 is 0 Å². The Morgan fingerprint density at radius 1 is 1.38 bits per heavy atom. The molecule has 0 aromatic rings. The summed E-state index contributed by atoms with van der Waals surface area (Å²) >= 11 is 0. The van der Waals surface area contributed by atoms with Gasteiger partial charge in [0.05, 0.1) is 31.8 Å². The van der Waals surface area contributed by atoms with Gasteiger partial charge in [0.2, 0.25) is 0 Å². The van der Waals surface area contributed by atoms with E-state index in [0.717, 1.165) is 30.2 Å². The third-order valence-corrected chi connectivity index (χ3v) is 4.36. The Morgan fingerprint density at radius 2 is 1.94 bits per heavy atom. The van der Waals surface area contributed by atoms with Gasteiger partial charge >= 0.3 is 5.97 Å². The van der Waals surface area contributed by atoms with E-state index in [1.54, 1.807) is 0 Å². The second kappa shape index (κ2) is 4.34. The summed E-state index contributed by atoms with van der Waals surface area (Å²) in [4.78, 5) is 11.6. The predicted octanol–water partition coefficient (Wildman–Crippen LogP) is 0.682. The maximum atomic E-state index is 11.6. The molecule has 2 saturated heterocycles. The van der Waals surface area contributed by atoms with Gasteiger partial charge < -0.3 is 14.3 Å². The van der Waals surface area contributed by atoms with E-state index in [1.807, 2.05) is 6.92 Å². The van der Waals surface area contributed by atoms with Crippen LogP contribution in [0, 0.1) is 0 Å². The number of esters is 1. The number of ether oxygens (including phenoxy) is 1. The predicted molar refractivity (Wildman–Crippen MR) is 59.7 cm³/mol. The lowest BCUT2D eigenvalue weighted by atomic mass is 9.97. The van der Waals surface area contributed by atoms with Crippen LogP contribution >= 0.6 is 0 Å². The first-order valence-electron chi connectivity index (χ1n) is 6.25. The number of quaternary nitrogens is 1. The average molecular weight is 228 g/mol. The lowest BCUT2D eigenvalue weighted by Gasteiger charge is -2.45. The molecule has 1 N–H and O–H groups in total. The topological polar surface area (TPSA) is 46.5 Å². The lowest BCUT2D eigenvalue weighted by molar-refractivity contribution is -0.942. The minimum absolute atomic E-state index is 0.0988. The largest absolute Gasteiger partial charge is 0.462 e. The van der Waals surface area contributed by atoms with Gasteiger partial charge in [0.25, 0.3) is 0 Å². The van der Waals surface area contributed by atoms with Crippen molar-refractivity contribution in [3.63, 3.8) is 0 Å². The Bertz CT molecular complexity index is 265. The Labute approximate surface area is 96.8 Å². The fourth-order valence-electron chi connectivity index (χ4n) is 3.46. The van der Waals surface area contributed by atoms with Crippen LogP contribution < -0.4 is 0 Å². The van der Waals surface area contributed by atoms with Gasteiger partial charge in [-0.25, -0.2) is 4.79 Å². The number of carbonyl (C=O) groups excluding carboxylic acids is 1. The number of fused-ring (bicyclic) bond motifs is 2. The molecule has 4 nitrogen and oxygen atoms in total. The van der Waals surface area contributed by atoms with Gasteiger partial charge in [0.1, 0.15) is 0 Å². The molecule has 2 unspecified atom stereocenters. The van der Waals surface area contributed by atoms with Crippen LogP contribution in [0.2, 0.25) is 0 Å². The van der Waals surface area contributed by atoms with Crippen LogP contribution in [0.25, 0.3) is 0 Å². The normalized spacial score (nSPS) is 42.1. The highest BCUT2D eigenvalue weighted by atomic mass is 16.5. The Kier molecular flexibility index (Phi) is 3.22. The van der Waals surface area contributed by atoms with Crippen molar-refractivity contribution in [1.82, 2.24) is 0 Å². The zero-order chi connectivity index (χ0) is 11.8. The summed E-state index contributed by atoms with van der Waals surface area (Å²) in [5.74, 6) is -0.0988. The number of carbonyl (C=O) groups is 1. The van der Waals surface area contributed by atoms with E-state index in [2.05, 4.69) is 7.05 Å². The average Bonchev–Trinajstić information content (AvgIpc) is 2.39. The molecule has 0 amide bonds. The minimum atomic E-state index is -0.161. The maximum absolute atomic E-state index is 11.6. The van der Waals surface area contributed by atoms with Gasteiger partial charge in [-0.1, -0.05) is 0 Å². The molecule has 2 aliphatic rings. The van der Waals surface area contributed by atoms with Crippen LogP contribution in [-0.4, -0.2) is 53.9 Å². The van der Waals surface area contributed by atoms with Crippen molar-refractivity contribution in [3.05, 3.63) is 0 Å². The number of hydrogen-bond acceptors (Lipinski definition) is 3. The molecule has 0 aliphatic carbocycles. The number of rotatable bonds is 3. The first-order chi connectivity index (χ1) is 7.56. The molecular weight excluding hydrogens is 206 g/mol. The van der Waals surface area contributed by atoms with E-state index >= 15 is 0 Å². The van der Waals surface area contributed by atoms with Crippen molar-refractivity contribution < 1.29 is 19.1 Å². The summed E-state index contributed by atoms with van der Waals surface area (Å²) < 4.78 is 5.83. The number of aliphatic hydroxyl groups is 1. The van der Waals surface area contributed by atoms with Gasteiger partial charge in [0, 0.05) is 25.7 Å². The summed E-state index contributed by atoms with van der Waals surface area (Å²) in [7, 11) is 2.14. The number of hydrogen-bond donors (Lipinski definition) is 1. The highest BCUT2D eigenvalue weighted by molar-refractivity contribution is 5.70. The standard InChI is InChI=1S/C12H22NO3/c1-3-16-12(15)8-13(2)9-4-5-10(13)7-11(14)6-9/h9-11,14H,3-8H2,1-2H3/q+1/t9-,10+,11?,13?. The van der Waals surface area contributed by atoms with Crippen molar-refractivity contribution in [3.8, 4) is 0 Å². The Balaban J connectivity index is 2.04. The van der Waals surface area contributed by atoms with E-state index in [1.165, 1.54) is 0 Å². The van der Waals surface area contributed by atoms with Gasteiger partial charge in [-0.2, -0.15) is 0 Å². The Hall–Kier alpha value is -0.610. The number of nitrogens with zero attached hydrogens (tertiary/aromatic N) is 1. The maximum Gasteiger partial charge on any atom is 0.361 e. The van der Waals surface area contributed by atoms with Crippen molar-refractivity contribution in [2.24, 2.45) is 0 Å². The van der Waals surface area contributed by atoms with Crippen LogP contribution in [0.4, 0.5) is 0 Å². The van der Waals surface area contributed by atoms with Crippen LogP contribution in [0.15, 0.2) is 0 Å². The van der Waals surface area contributed by atoms with E-state index in [0.29, 0.717) is 25.2 Å². The third-order valence-electron chi connectivity index (χ3n) is 4.36. The minimum Gasteiger partial charge on any atom is -0.462 e. The smallest absolute Gasteiger partial charge is 0.361 e. The van der Waals surface area contributed by atoms with Crippen LogP contribution in [0.1, 0.15) is 32.6 Å². The summed E-state index contributed by atoms with van der Waals surface area (Å²) in [6, 6.07) is 0.885. The van der Waals surface area contributed by atoms with Gasteiger partial charge in [0.15, 0.2) is 6.54 Å². The molecule has 4 heteroatoms. The van der Waals surface area contributed by atoms with Crippen molar-refractivity contribution in [2.45, 2.75) is 50.8 Å². The molecule has 4 atom stereocenters. The fourth-order valence-corrected chi connectivity index (χ4v) is 3.46. The number of piperidine rings is 1. The zero-order valence-corrected chi connectivity index (χ0v) is 10.2. The van der Waals surface area contributed by atoms with Crippen molar-refractivity contribution in [2.75, 3.05) is 20.2 Å². The first kappa shape index (κ1) is 11.9. The van der Waals surface area contributed by atoms with Crippen LogP contribution in [0.5, 0.6) is 0 Å². The number of likely N-dealkylation sites (N-methyl/N-ethyl adjacent to an activating group) is 1. The molecule has 2 aliphatic heterocycles. The summed E-state index contributed by atoms with van der Waals surface area (Å²) in [5.41, 5.74) is 0. The molecule has 16 heavy (non-hydrogen) atoms. The second-order valence-electron chi connectivity index (χ2n) is 5.32. The van der Waals surface area contributed by atoms with E-state index in [4.69, 9.17) is 4.74 Å². The molecule has 2 heterocycles. The molecule has 0 radical (unpaired) electrons. The molecule has 2 rings (SSSR count). The molecule has 2 bridgehead atoms. The molecule has 0 spiro atoms. The molecule has 92 valence electrons. The zero-order valence-electron chi connectivity index (χ0n) is 10.2. The van der Waals surface area contributed by atoms with Crippen molar-refractivity contribution >= 4 is 5.97 Å². The molecule has 0 aromatic heterocycles. The van der Waals surface area contributed by atoms with Crippen LogP contribution in [0.3, 0.4) is 0 Å². The molecular formula is C12H22NO3+. The highest BCUT2D eigenvalue weighted by Crippen LogP contribution is 2.40. The first-order valence-corrected chi connectivity index (χ1v) is 6.25. The third kappa shape index (κ3) is 1.96. The Morgan fingerprint density at radius 3 is 2.44 bits per heavy atom. The summed E-state index contributed by atoms with van der Waals surface area (Å²) in [6.07, 6.45) is 3.79. The number of aliphatic hydroxyl groups excluding tert-OH is 1. The van der Waals surface area contributed by atoms with Crippen molar-refractivity contribution in [1.29, 1.82) is 0 Å². The lowest BCUT2D eigenvalue weighted by Crippen LogP contribution is -2.60. The fraction of sp³-hybridized carbons (Fsp3) is 0.917. The van der Waals surface area contributed by atoms with Gasteiger partial charge in [-0.15, -0.1) is 0 Å². The summed E-state index contributed by atoms with van der Waals surface area (Å²) in [5, 5.41) is 9.73. The molecule has 0 saturated carbocycles. The summed E-state index contributed by atoms with van der Waals surface area (Å²) in [6.45, 7) is 2.76. The van der Waals surface area contributed by atoms with E-state index in [9.17, 15) is 9.90 Å². The monoisotopic (exact) mass is 228 g/mol. The molecule has 0 aromatic carbocycles. The van der Waals surface area contributed by atoms with E-state index in [-0.39, 0.29) is 12.1 Å². The quantitative estimate of drug-likeness (QED) is 0.571. The SMILES string of the molecule is CCOC(=O)C[N+]1(C)[C@@H]2CC[C@H]1CC(O)C2.